The van der Waals surface area contributed by atoms with E-state index in [1.165, 1.54) is 47.9 Å². The lowest BCUT2D eigenvalue weighted by molar-refractivity contribution is 0.686. The van der Waals surface area contributed by atoms with E-state index in [1.807, 2.05) is 10.6 Å². The molecule has 0 atom stereocenters. The molecule has 0 saturated carbocycles. The maximum atomic E-state index is 5.70. The number of hydrogen-bond donors (Lipinski definition) is 1. The lowest BCUT2D eigenvalue weighted by Crippen LogP contribution is -2.03. The Morgan fingerprint density at radius 2 is 1.86 bits per heavy atom. The second-order valence-corrected chi connectivity index (χ2v) is 5.76. The van der Waals surface area contributed by atoms with Gasteiger partial charge in [0.1, 0.15) is 0 Å². The van der Waals surface area contributed by atoms with Gasteiger partial charge in [0, 0.05) is 11.3 Å². The zero-order chi connectivity index (χ0) is 14.4. The van der Waals surface area contributed by atoms with Gasteiger partial charge in [-0.1, -0.05) is 18.2 Å². The number of aryl methyl sites for hydroxylation is 3. The van der Waals surface area contributed by atoms with E-state index in [-0.39, 0.29) is 0 Å². The fourth-order valence-corrected chi connectivity index (χ4v) is 3.29. The topological polar surface area (TPSA) is 56.2 Å². The van der Waals surface area contributed by atoms with E-state index >= 15 is 0 Å². The number of nitrogens with zero attached hydrogens (tertiary/aromatic N) is 3. The average Bonchev–Trinajstić information content (AvgIpc) is 2.89. The largest absolute Gasteiger partial charge is 0.366 e. The number of anilines is 1. The van der Waals surface area contributed by atoms with E-state index in [9.17, 15) is 0 Å². The van der Waals surface area contributed by atoms with Gasteiger partial charge in [-0.05, 0) is 61.4 Å². The van der Waals surface area contributed by atoms with Crippen LogP contribution >= 0.6 is 0 Å². The van der Waals surface area contributed by atoms with Crippen molar-refractivity contribution in [1.82, 2.24) is 14.6 Å². The van der Waals surface area contributed by atoms with Crippen LogP contribution in [0.3, 0.4) is 0 Å². The van der Waals surface area contributed by atoms with Gasteiger partial charge in [-0.3, -0.25) is 0 Å². The molecule has 0 saturated heterocycles. The maximum Gasteiger partial charge on any atom is 0.240 e. The molecule has 2 aromatic heterocycles. The molecule has 1 aliphatic rings. The Balaban J connectivity index is 1.87. The normalized spacial score (nSPS) is 14.3. The van der Waals surface area contributed by atoms with E-state index in [4.69, 9.17) is 5.73 Å². The Labute approximate surface area is 123 Å². The number of aromatic nitrogens is 3. The Bertz CT molecular complexity index is 832. The standard InChI is InChI=1S/C17H18N4/c1-11-15(8-9-16-19-17(18)20-21(11)16)14-7-6-12-4-2-3-5-13(12)10-14/h6-10H,2-5H2,1H3,(H2,18,20). The molecule has 4 nitrogen and oxygen atoms in total. The summed E-state index contributed by atoms with van der Waals surface area (Å²) in [6, 6.07) is 10.9. The molecule has 0 radical (unpaired) electrons. The number of fused-ring (bicyclic) bond motifs is 2. The molecule has 2 heterocycles. The maximum absolute atomic E-state index is 5.70. The fraction of sp³-hybridized carbons (Fsp3) is 0.294. The summed E-state index contributed by atoms with van der Waals surface area (Å²) >= 11 is 0. The van der Waals surface area contributed by atoms with Crippen molar-refractivity contribution in [1.29, 1.82) is 0 Å². The molecule has 0 fully saturated rings. The van der Waals surface area contributed by atoms with E-state index in [0.717, 1.165) is 11.3 Å². The molecule has 106 valence electrons. The quantitative estimate of drug-likeness (QED) is 0.744. The van der Waals surface area contributed by atoms with Crippen LogP contribution in [0.1, 0.15) is 29.7 Å². The highest BCUT2D eigenvalue weighted by molar-refractivity contribution is 5.69. The molecule has 21 heavy (non-hydrogen) atoms. The van der Waals surface area contributed by atoms with Crippen molar-refractivity contribution in [3.8, 4) is 11.1 Å². The molecular weight excluding hydrogens is 260 g/mol. The molecule has 4 heteroatoms. The summed E-state index contributed by atoms with van der Waals surface area (Å²) in [5.74, 6) is 0.320. The molecule has 2 N–H and O–H groups in total. The summed E-state index contributed by atoms with van der Waals surface area (Å²) in [6.07, 6.45) is 5.03. The summed E-state index contributed by atoms with van der Waals surface area (Å²) in [4.78, 5) is 4.21. The lowest BCUT2D eigenvalue weighted by atomic mass is 9.89. The predicted octanol–water partition coefficient (Wildman–Crippen LogP) is 3.17. The highest BCUT2D eigenvalue weighted by Gasteiger charge is 2.13. The first kappa shape index (κ1) is 12.4. The van der Waals surface area contributed by atoms with E-state index in [0.29, 0.717) is 5.95 Å². The van der Waals surface area contributed by atoms with Gasteiger partial charge in [-0.15, -0.1) is 5.10 Å². The first-order valence-corrected chi connectivity index (χ1v) is 7.46. The first-order valence-electron chi connectivity index (χ1n) is 7.46. The van der Waals surface area contributed by atoms with Gasteiger partial charge in [-0.2, -0.15) is 4.98 Å². The van der Waals surface area contributed by atoms with Crippen molar-refractivity contribution < 1.29 is 0 Å². The van der Waals surface area contributed by atoms with Crippen molar-refractivity contribution in [2.24, 2.45) is 0 Å². The van der Waals surface area contributed by atoms with Crippen molar-refractivity contribution in [3.05, 3.63) is 47.2 Å². The molecule has 0 unspecified atom stereocenters. The van der Waals surface area contributed by atoms with Crippen molar-refractivity contribution in [2.45, 2.75) is 32.6 Å². The summed E-state index contributed by atoms with van der Waals surface area (Å²) in [6.45, 7) is 2.07. The van der Waals surface area contributed by atoms with Gasteiger partial charge in [0.2, 0.25) is 5.95 Å². The molecular formula is C17H18N4. The lowest BCUT2D eigenvalue weighted by Gasteiger charge is -2.17. The molecule has 4 rings (SSSR count). The summed E-state index contributed by atoms with van der Waals surface area (Å²) in [5.41, 5.74) is 13.0. The van der Waals surface area contributed by atoms with Gasteiger partial charge in [0.15, 0.2) is 5.65 Å². The third-order valence-electron chi connectivity index (χ3n) is 4.41. The number of nitrogens with two attached hydrogens (primary N) is 1. The van der Waals surface area contributed by atoms with Gasteiger partial charge < -0.3 is 5.73 Å². The van der Waals surface area contributed by atoms with Gasteiger partial charge in [0.25, 0.3) is 0 Å². The highest BCUT2D eigenvalue weighted by atomic mass is 15.3. The van der Waals surface area contributed by atoms with Crippen LogP contribution in [0.25, 0.3) is 16.8 Å². The first-order chi connectivity index (χ1) is 10.2. The number of nitrogen functional groups attached to an aromatic ring is 1. The second kappa shape index (κ2) is 4.58. The minimum atomic E-state index is 0.320. The summed E-state index contributed by atoms with van der Waals surface area (Å²) in [5, 5.41) is 4.27. The van der Waals surface area contributed by atoms with Gasteiger partial charge in [0.05, 0.1) is 0 Å². The SMILES string of the molecule is Cc1c(-c2ccc3c(c2)CCCC3)ccc2nc(N)nn12. The van der Waals surface area contributed by atoms with E-state index in [2.05, 4.69) is 41.3 Å². The summed E-state index contributed by atoms with van der Waals surface area (Å²) < 4.78 is 1.82. The Morgan fingerprint density at radius 1 is 1.05 bits per heavy atom. The fourth-order valence-electron chi connectivity index (χ4n) is 3.29. The zero-order valence-corrected chi connectivity index (χ0v) is 12.1. The highest BCUT2D eigenvalue weighted by Crippen LogP contribution is 2.29. The zero-order valence-electron chi connectivity index (χ0n) is 12.1. The van der Waals surface area contributed by atoms with Gasteiger partial charge >= 0.3 is 0 Å². The monoisotopic (exact) mass is 278 g/mol. The van der Waals surface area contributed by atoms with Crippen LogP contribution in [-0.2, 0) is 12.8 Å². The minimum absolute atomic E-state index is 0.320. The molecule has 0 amide bonds. The molecule has 0 bridgehead atoms. The van der Waals surface area contributed by atoms with Crippen LogP contribution in [0.4, 0.5) is 5.95 Å². The van der Waals surface area contributed by atoms with Crippen molar-refractivity contribution >= 4 is 11.6 Å². The number of hydrogen-bond acceptors (Lipinski definition) is 3. The van der Waals surface area contributed by atoms with Crippen LogP contribution in [0.5, 0.6) is 0 Å². The summed E-state index contributed by atoms with van der Waals surface area (Å²) in [7, 11) is 0. The van der Waals surface area contributed by atoms with Crippen LogP contribution in [0.2, 0.25) is 0 Å². The van der Waals surface area contributed by atoms with Crippen LogP contribution in [0.15, 0.2) is 30.3 Å². The van der Waals surface area contributed by atoms with Crippen LogP contribution < -0.4 is 5.73 Å². The molecule has 0 spiro atoms. The minimum Gasteiger partial charge on any atom is -0.366 e. The predicted molar refractivity (Wildman–Crippen MR) is 84.2 cm³/mol. The Hall–Kier alpha value is -2.36. The van der Waals surface area contributed by atoms with E-state index in [1.54, 1.807) is 0 Å². The van der Waals surface area contributed by atoms with Gasteiger partial charge in [-0.25, -0.2) is 4.52 Å². The third kappa shape index (κ3) is 1.98. The molecule has 1 aromatic carbocycles. The van der Waals surface area contributed by atoms with E-state index < -0.39 is 0 Å². The smallest absolute Gasteiger partial charge is 0.240 e. The Kier molecular flexibility index (Phi) is 2.70. The van der Waals surface area contributed by atoms with Crippen molar-refractivity contribution in [2.75, 3.05) is 5.73 Å². The van der Waals surface area contributed by atoms with Crippen molar-refractivity contribution in [3.63, 3.8) is 0 Å². The number of benzene rings is 1. The number of rotatable bonds is 1. The third-order valence-corrected chi connectivity index (χ3v) is 4.41. The molecule has 0 aliphatic heterocycles. The second-order valence-electron chi connectivity index (χ2n) is 5.76. The average molecular weight is 278 g/mol. The Morgan fingerprint density at radius 3 is 2.71 bits per heavy atom. The van der Waals surface area contributed by atoms with Crippen LogP contribution in [-0.4, -0.2) is 14.6 Å². The molecule has 3 aromatic rings. The van der Waals surface area contributed by atoms with Crippen LogP contribution in [0, 0.1) is 6.92 Å². The number of pyridine rings is 1. The molecule has 1 aliphatic carbocycles.